The molecule has 0 unspecified atom stereocenters. The molecule has 1 saturated carbocycles. The van der Waals surface area contributed by atoms with Crippen molar-refractivity contribution in [3.8, 4) is 5.69 Å². The molecule has 6 heteroatoms. The molecule has 2 N–H and O–H groups in total. The second kappa shape index (κ2) is 8.24. The van der Waals surface area contributed by atoms with Crippen LogP contribution in [0.3, 0.4) is 0 Å². The molecule has 2 aliphatic carbocycles. The molecular weight excluding hydrogens is 417 g/mol. The van der Waals surface area contributed by atoms with Crippen molar-refractivity contribution in [2.45, 2.75) is 69.8 Å². The number of aromatic nitrogens is 2. The Balaban J connectivity index is 1.55. The maximum Gasteiger partial charge on any atom is 0.243 e. The fourth-order valence-corrected chi connectivity index (χ4v) is 6.39. The van der Waals surface area contributed by atoms with E-state index in [0.717, 1.165) is 61.5 Å². The Morgan fingerprint density at radius 1 is 1.27 bits per heavy atom. The number of halogens is 1. The first-order valence-corrected chi connectivity index (χ1v) is 12.0. The van der Waals surface area contributed by atoms with Crippen LogP contribution in [0.1, 0.15) is 63.5 Å². The Morgan fingerprint density at radius 2 is 2.06 bits per heavy atom. The van der Waals surface area contributed by atoms with Crippen LogP contribution in [0.5, 0.6) is 0 Å². The van der Waals surface area contributed by atoms with Crippen molar-refractivity contribution in [2.24, 2.45) is 11.7 Å². The topological polar surface area (TPSA) is 70.1 Å². The number of aryl methyl sites for hydroxylation is 1. The van der Waals surface area contributed by atoms with E-state index in [2.05, 4.69) is 31.1 Å². The smallest absolute Gasteiger partial charge is 0.243 e. The van der Waals surface area contributed by atoms with Crippen molar-refractivity contribution < 1.29 is 13.9 Å². The van der Waals surface area contributed by atoms with E-state index in [1.807, 2.05) is 10.9 Å². The molecule has 3 aromatic rings. The lowest BCUT2D eigenvalue weighted by molar-refractivity contribution is -0.135. The third-order valence-electron chi connectivity index (χ3n) is 8.15. The van der Waals surface area contributed by atoms with Gasteiger partial charge in [-0.05, 0) is 111 Å². The number of ether oxygens (including phenoxy) is 1. The predicted octanol–water partition coefficient (Wildman–Crippen LogP) is 5.21. The molecule has 0 radical (unpaired) electrons. The molecule has 0 aliphatic heterocycles. The van der Waals surface area contributed by atoms with Gasteiger partial charge < -0.3 is 10.5 Å². The highest BCUT2D eigenvalue weighted by Crippen LogP contribution is 2.54. The van der Waals surface area contributed by atoms with Crippen molar-refractivity contribution in [2.75, 3.05) is 6.61 Å². The Hall–Kier alpha value is -2.73. The summed E-state index contributed by atoms with van der Waals surface area (Å²) in [5.74, 6) is -0.153. The lowest BCUT2D eigenvalue weighted by Gasteiger charge is -2.50. The zero-order valence-electron chi connectivity index (χ0n) is 19.4. The molecule has 2 aliphatic rings. The van der Waals surface area contributed by atoms with E-state index in [4.69, 9.17) is 10.5 Å². The van der Waals surface area contributed by atoms with Crippen LogP contribution in [-0.4, -0.2) is 27.9 Å². The summed E-state index contributed by atoms with van der Waals surface area (Å²) in [5, 5.41) is 5.75. The summed E-state index contributed by atoms with van der Waals surface area (Å²) in [5.41, 5.74) is 9.94. The molecule has 33 heavy (non-hydrogen) atoms. The van der Waals surface area contributed by atoms with Crippen LogP contribution in [0.4, 0.5) is 4.39 Å². The summed E-state index contributed by atoms with van der Waals surface area (Å²) in [6, 6.07) is 11.1. The molecule has 0 bridgehead atoms. The zero-order chi connectivity index (χ0) is 23.2. The van der Waals surface area contributed by atoms with Gasteiger partial charge >= 0.3 is 0 Å². The van der Waals surface area contributed by atoms with Crippen molar-refractivity contribution in [1.29, 1.82) is 0 Å². The van der Waals surface area contributed by atoms with Crippen LogP contribution in [0.15, 0.2) is 42.6 Å². The highest BCUT2D eigenvalue weighted by Gasteiger charge is 2.49. The molecule has 1 fully saturated rings. The molecule has 3 atom stereocenters. The van der Waals surface area contributed by atoms with Crippen LogP contribution in [-0.2, 0) is 21.4 Å². The first-order chi connectivity index (χ1) is 15.8. The average Bonchev–Trinajstić information content (AvgIpc) is 3.14. The molecule has 5 rings (SSSR count). The summed E-state index contributed by atoms with van der Waals surface area (Å²) in [4.78, 5) is 11.3. The number of nitrogens with two attached hydrogens (primary N) is 1. The predicted molar refractivity (Wildman–Crippen MR) is 127 cm³/mol. The van der Waals surface area contributed by atoms with Crippen LogP contribution >= 0.6 is 0 Å². The number of hydrogen-bond acceptors (Lipinski definition) is 3. The molecule has 1 aromatic heterocycles. The maximum atomic E-state index is 13.4. The lowest BCUT2D eigenvalue weighted by atomic mass is 9.57. The number of fused-ring (bicyclic) bond motifs is 4. The van der Waals surface area contributed by atoms with Crippen LogP contribution in [0.25, 0.3) is 16.6 Å². The normalized spacial score (nSPS) is 27.1. The van der Waals surface area contributed by atoms with E-state index >= 15 is 0 Å². The lowest BCUT2D eigenvalue weighted by Crippen LogP contribution is -2.48. The highest BCUT2D eigenvalue weighted by molar-refractivity contribution is 5.82. The van der Waals surface area contributed by atoms with Gasteiger partial charge in [-0.1, -0.05) is 6.92 Å². The summed E-state index contributed by atoms with van der Waals surface area (Å²) in [6.45, 7) is 4.43. The molecular formula is C27H32FN3O2. The summed E-state index contributed by atoms with van der Waals surface area (Å²) >= 11 is 0. The van der Waals surface area contributed by atoms with Gasteiger partial charge in [-0.2, -0.15) is 5.10 Å². The molecule has 0 spiro atoms. The fourth-order valence-electron chi connectivity index (χ4n) is 6.39. The summed E-state index contributed by atoms with van der Waals surface area (Å²) in [6.07, 6.45) is 9.21. The number of carbonyl (C=O) groups is 1. The van der Waals surface area contributed by atoms with Crippen molar-refractivity contribution in [3.05, 3.63) is 59.5 Å². The largest absolute Gasteiger partial charge is 0.368 e. The third kappa shape index (κ3) is 3.84. The van der Waals surface area contributed by atoms with Gasteiger partial charge in [0.25, 0.3) is 0 Å². The highest BCUT2D eigenvalue weighted by atomic mass is 19.1. The van der Waals surface area contributed by atoms with Crippen molar-refractivity contribution in [1.82, 2.24) is 9.78 Å². The second-order valence-electron chi connectivity index (χ2n) is 10.1. The Labute approximate surface area is 194 Å². The minimum Gasteiger partial charge on any atom is -0.368 e. The van der Waals surface area contributed by atoms with Crippen LogP contribution in [0.2, 0.25) is 0 Å². The molecule has 174 valence electrons. The van der Waals surface area contributed by atoms with Crippen LogP contribution < -0.4 is 5.73 Å². The first kappa shape index (κ1) is 22.1. The fraction of sp³-hybridized carbons (Fsp3) is 0.481. The van der Waals surface area contributed by atoms with E-state index in [1.54, 1.807) is 12.1 Å². The van der Waals surface area contributed by atoms with Gasteiger partial charge in [0.1, 0.15) is 12.4 Å². The van der Waals surface area contributed by atoms with Gasteiger partial charge in [0.15, 0.2) is 0 Å². The molecule has 2 aromatic carbocycles. The third-order valence-corrected chi connectivity index (χ3v) is 8.15. The SMILES string of the molecule is CC[C@]12CC[C@](C)(OCC(N)=O)C[C@@H]1CCCc1cc3c(cnn3-c3ccc(F)cc3)cc12. The van der Waals surface area contributed by atoms with E-state index in [-0.39, 0.29) is 23.4 Å². The number of nitrogens with zero attached hydrogens (tertiary/aromatic N) is 2. The minimum absolute atomic E-state index is 0.0118. The number of rotatable bonds is 5. The minimum atomic E-state index is -0.407. The number of benzene rings is 2. The Kier molecular flexibility index (Phi) is 5.52. The number of carbonyl (C=O) groups excluding carboxylic acids is 1. The number of hydrogen-bond donors (Lipinski definition) is 1. The summed E-state index contributed by atoms with van der Waals surface area (Å²) < 4.78 is 21.4. The average molecular weight is 450 g/mol. The van der Waals surface area contributed by atoms with Crippen molar-refractivity contribution >= 4 is 16.8 Å². The molecule has 1 amide bonds. The second-order valence-corrected chi connectivity index (χ2v) is 10.1. The molecule has 0 saturated heterocycles. The first-order valence-electron chi connectivity index (χ1n) is 12.0. The quantitative estimate of drug-likeness (QED) is 0.581. The number of amides is 1. The van der Waals surface area contributed by atoms with E-state index in [9.17, 15) is 9.18 Å². The van der Waals surface area contributed by atoms with E-state index in [0.29, 0.717) is 5.92 Å². The maximum absolute atomic E-state index is 13.4. The summed E-state index contributed by atoms with van der Waals surface area (Å²) in [7, 11) is 0. The van der Waals surface area contributed by atoms with Crippen LogP contribution in [0, 0.1) is 11.7 Å². The van der Waals surface area contributed by atoms with Gasteiger partial charge in [0, 0.05) is 5.39 Å². The van der Waals surface area contributed by atoms with Gasteiger partial charge in [-0.15, -0.1) is 0 Å². The van der Waals surface area contributed by atoms with E-state index in [1.165, 1.54) is 23.3 Å². The standard InChI is InChI=1S/C27H32FN3O2/c1-3-27-12-11-26(2,33-17-25(29)32)15-20(27)6-4-5-18-14-24-19(13-23(18)27)16-30-31(24)22-9-7-21(28)8-10-22/h7-10,13-14,16,20H,3-6,11-12,15,17H2,1-2H3,(H2,29,32)/t20-,26-,27-/m0/s1. The Morgan fingerprint density at radius 3 is 2.79 bits per heavy atom. The zero-order valence-corrected chi connectivity index (χ0v) is 19.4. The van der Waals surface area contributed by atoms with Gasteiger partial charge in [0.2, 0.25) is 5.91 Å². The van der Waals surface area contributed by atoms with Gasteiger partial charge in [0.05, 0.1) is 23.0 Å². The van der Waals surface area contributed by atoms with Gasteiger partial charge in [-0.25, -0.2) is 9.07 Å². The van der Waals surface area contributed by atoms with E-state index < -0.39 is 5.91 Å². The molecule has 1 heterocycles. The van der Waals surface area contributed by atoms with Crippen molar-refractivity contribution in [3.63, 3.8) is 0 Å². The molecule has 5 nitrogen and oxygen atoms in total. The Bertz CT molecular complexity index is 1190. The monoisotopic (exact) mass is 449 g/mol. The van der Waals surface area contributed by atoms with Gasteiger partial charge in [-0.3, -0.25) is 4.79 Å². The number of primary amides is 1.